The van der Waals surface area contributed by atoms with E-state index in [-0.39, 0.29) is 11.9 Å². The highest BCUT2D eigenvalue weighted by Gasteiger charge is 2.20. The van der Waals surface area contributed by atoms with Gasteiger partial charge in [-0.05, 0) is 47.4 Å². The maximum Gasteiger partial charge on any atom is 0.249 e. The zero-order valence-corrected chi connectivity index (χ0v) is 17.7. The monoisotopic (exact) mass is 410 g/mol. The summed E-state index contributed by atoms with van der Waals surface area (Å²) in [6.45, 7) is 4.92. The molecule has 1 unspecified atom stereocenters. The van der Waals surface area contributed by atoms with Crippen molar-refractivity contribution in [2.75, 3.05) is 19.5 Å². The molecule has 2 aromatic rings. The number of methoxy groups -OCH3 is 1. The SMILES string of the molecule is COc1ccc(C2CSC(NC(=O)/C=C/c3ccc(OCC(C)C)cc3)=N2)cc1. The molecule has 6 heteroatoms. The maximum absolute atomic E-state index is 12.2. The first-order valence-corrected chi connectivity index (χ1v) is 10.6. The van der Waals surface area contributed by atoms with Crippen molar-refractivity contribution in [3.63, 3.8) is 0 Å². The number of rotatable bonds is 7. The van der Waals surface area contributed by atoms with Crippen molar-refractivity contribution in [3.8, 4) is 11.5 Å². The number of nitrogens with zero attached hydrogens (tertiary/aromatic N) is 1. The third-order valence-corrected chi connectivity index (χ3v) is 5.24. The standard InChI is InChI=1S/C23H26N2O3S/c1-16(2)14-28-20-9-4-17(5-10-20)6-13-22(26)25-23-24-21(15-29-23)18-7-11-19(27-3)12-8-18/h4-13,16,21H,14-15H2,1-3H3,(H,24,25,26)/b13-6+. The van der Waals surface area contributed by atoms with Crippen LogP contribution < -0.4 is 14.8 Å². The van der Waals surface area contributed by atoms with E-state index in [0.29, 0.717) is 17.7 Å². The van der Waals surface area contributed by atoms with Gasteiger partial charge in [-0.2, -0.15) is 0 Å². The van der Waals surface area contributed by atoms with E-state index in [2.05, 4.69) is 24.2 Å². The van der Waals surface area contributed by atoms with Gasteiger partial charge in [0.05, 0.1) is 19.8 Å². The second-order valence-corrected chi connectivity index (χ2v) is 8.14. The summed E-state index contributed by atoms with van der Waals surface area (Å²) >= 11 is 1.55. The van der Waals surface area contributed by atoms with Gasteiger partial charge in [-0.25, -0.2) is 0 Å². The van der Waals surface area contributed by atoms with E-state index in [1.807, 2.05) is 48.5 Å². The van der Waals surface area contributed by atoms with Gasteiger partial charge >= 0.3 is 0 Å². The van der Waals surface area contributed by atoms with Crippen molar-refractivity contribution in [1.29, 1.82) is 0 Å². The van der Waals surface area contributed by atoms with Crippen LogP contribution in [0.4, 0.5) is 0 Å². The average molecular weight is 411 g/mol. The molecule has 2 aromatic carbocycles. The zero-order valence-electron chi connectivity index (χ0n) is 16.9. The van der Waals surface area contributed by atoms with Crippen molar-refractivity contribution < 1.29 is 14.3 Å². The number of ether oxygens (including phenoxy) is 2. The van der Waals surface area contributed by atoms with Crippen LogP contribution in [-0.4, -0.2) is 30.5 Å². The van der Waals surface area contributed by atoms with Gasteiger partial charge in [-0.1, -0.05) is 49.9 Å². The number of benzene rings is 2. The molecule has 0 aliphatic carbocycles. The number of hydrogen-bond acceptors (Lipinski definition) is 5. The molecule has 0 spiro atoms. The molecule has 152 valence electrons. The topological polar surface area (TPSA) is 59.9 Å². The summed E-state index contributed by atoms with van der Waals surface area (Å²) in [5, 5.41) is 3.50. The van der Waals surface area contributed by atoms with Crippen molar-refractivity contribution >= 4 is 28.9 Å². The van der Waals surface area contributed by atoms with Crippen molar-refractivity contribution in [1.82, 2.24) is 5.32 Å². The number of carbonyl (C=O) groups excluding carboxylic acids is 1. The van der Waals surface area contributed by atoms with Crippen LogP contribution in [-0.2, 0) is 4.79 Å². The van der Waals surface area contributed by atoms with Crippen LogP contribution in [0.1, 0.15) is 31.0 Å². The fourth-order valence-corrected chi connectivity index (χ4v) is 3.65. The number of carbonyl (C=O) groups is 1. The van der Waals surface area contributed by atoms with Gasteiger partial charge in [0.2, 0.25) is 5.91 Å². The lowest BCUT2D eigenvalue weighted by atomic mass is 10.1. The highest BCUT2D eigenvalue weighted by atomic mass is 32.2. The van der Waals surface area contributed by atoms with Gasteiger partial charge in [-0.3, -0.25) is 9.79 Å². The summed E-state index contributed by atoms with van der Waals surface area (Å²) in [6.07, 6.45) is 3.30. The quantitative estimate of drug-likeness (QED) is 0.672. The average Bonchev–Trinajstić information content (AvgIpc) is 3.20. The van der Waals surface area contributed by atoms with Gasteiger partial charge in [0, 0.05) is 11.8 Å². The molecule has 0 radical (unpaired) electrons. The number of amidine groups is 1. The van der Waals surface area contributed by atoms with Gasteiger partial charge in [0.25, 0.3) is 0 Å². The summed E-state index contributed by atoms with van der Waals surface area (Å²) in [5.41, 5.74) is 2.05. The van der Waals surface area contributed by atoms with E-state index in [1.165, 1.54) is 6.08 Å². The summed E-state index contributed by atoms with van der Waals surface area (Å²) < 4.78 is 10.9. The summed E-state index contributed by atoms with van der Waals surface area (Å²) in [6, 6.07) is 15.6. The van der Waals surface area contributed by atoms with Gasteiger partial charge < -0.3 is 14.8 Å². The Morgan fingerprint density at radius 3 is 2.52 bits per heavy atom. The van der Waals surface area contributed by atoms with Crippen LogP contribution in [0.15, 0.2) is 59.6 Å². The number of nitrogens with one attached hydrogen (secondary N) is 1. The van der Waals surface area contributed by atoms with E-state index < -0.39 is 0 Å². The third-order valence-electron chi connectivity index (χ3n) is 4.27. The van der Waals surface area contributed by atoms with Crippen molar-refractivity contribution in [2.45, 2.75) is 19.9 Å². The highest BCUT2D eigenvalue weighted by molar-refractivity contribution is 8.14. The second kappa shape index (κ2) is 10.2. The predicted molar refractivity (Wildman–Crippen MR) is 120 cm³/mol. The van der Waals surface area contributed by atoms with E-state index in [4.69, 9.17) is 9.47 Å². The Balaban J connectivity index is 1.52. The minimum Gasteiger partial charge on any atom is -0.497 e. The summed E-state index contributed by atoms with van der Waals surface area (Å²) in [5.74, 6) is 2.76. The van der Waals surface area contributed by atoms with E-state index >= 15 is 0 Å². The molecule has 0 saturated heterocycles. The molecule has 1 amide bonds. The summed E-state index contributed by atoms with van der Waals surface area (Å²) in [7, 11) is 1.65. The molecule has 1 aliphatic heterocycles. The Labute approximate surface area is 176 Å². The first-order valence-electron chi connectivity index (χ1n) is 9.60. The molecule has 1 N–H and O–H groups in total. The van der Waals surface area contributed by atoms with Crippen LogP contribution in [0, 0.1) is 5.92 Å². The number of aliphatic imine (C=N–C) groups is 1. The molecule has 0 aromatic heterocycles. The first kappa shape index (κ1) is 21.0. The molecule has 0 fully saturated rings. The lowest BCUT2D eigenvalue weighted by Crippen LogP contribution is -2.25. The van der Waals surface area contributed by atoms with Gasteiger partial charge in [0.15, 0.2) is 5.17 Å². The molecular formula is C23H26N2O3S. The Bertz CT molecular complexity index is 874. The van der Waals surface area contributed by atoms with Crippen LogP contribution in [0.3, 0.4) is 0 Å². The second-order valence-electron chi connectivity index (χ2n) is 7.13. The number of thioether (sulfide) groups is 1. The van der Waals surface area contributed by atoms with Crippen LogP contribution in [0.2, 0.25) is 0 Å². The van der Waals surface area contributed by atoms with E-state index in [9.17, 15) is 4.79 Å². The molecule has 0 bridgehead atoms. The van der Waals surface area contributed by atoms with E-state index in [0.717, 1.165) is 28.4 Å². The molecule has 5 nitrogen and oxygen atoms in total. The number of hydrogen-bond donors (Lipinski definition) is 1. The highest BCUT2D eigenvalue weighted by Crippen LogP contribution is 2.30. The molecule has 0 saturated carbocycles. The fraction of sp³-hybridized carbons (Fsp3) is 0.304. The molecule has 1 heterocycles. The largest absolute Gasteiger partial charge is 0.497 e. The molecule has 1 aliphatic rings. The van der Waals surface area contributed by atoms with Gasteiger partial charge in [-0.15, -0.1) is 0 Å². The zero-order chi connectivity index (χ0) is 20.6. The number of amides is 1. The first-order chi connectivity index (χ1) is 14.0. The Morgan fingerprint density at radius 1 is 1.17 bits per heavy atom. The van der Waals surface area contributed by atoms with Crippen molar-refractivity contribution in [2.24, 2.45) is 10.9 Å². The molecule has 3 rings (SSSR count). The van der Waals surface area contributed by atoms with E-state index in [1.54, 1.807) is 24.9 Å². The Morgan fingerprint density at radius 2 is 1.86 bits per heavy atom. The lowest BCUT2D eigenvalue weighted by molar-refractivity contribution is -0.115. The lowest BCUT2D eigenvalue weighted by Gasteiger charge is -2.08. The third kappa shape index (κ3) is 6.39. The molecule has 1 atom stereocenters. The minimum atomic E-state index is -0.188. The maximum atomic E-state index is 12.2. The van der Waals surface area contributed by atoms with Crippen molar-refractivity contribution in [3.05, 3.63) is 65.7 Å². The molecular weight excluding hydrogens is 384 g/mol. The van der Waals surface area contributed by atoms with Gasteiger partial charge in [0.1, 0.15) is 11.5 Å². The minimum absolute atomic E-state index is 0.0450. The predicted octanol–water partition coefficient (Wildman–Crippen LogP) is 4.70. The normalized spacial score (nSPS) is 16.1. The van der Waals surface area contributed by atoms with Crippen LogP contribution in [0.5, 0.6) is 11.5 Å². The van der Waals surface area contributed by atoms with Crippen LogP contribution in [0.25, 0.3) is 6.08 Å². The smallest absolute Gasteiger partial charge is 0.249 e. The Hall–Kier alpha value is -2.73. The fourth-order valence-electron chi connectivity index (χ4n) is 2.70. The summed E-state index contributed by atoms with van der Waals surface area (Å²) in [4.78, 5) is 16.8. The molecule has 29 heavy (non-hydrogen) atoms. The Kier molecular flexibility index (Phi) is 7.36. The van der Waals surface area contributed by atoms with Crippen LogP contribution >= 0.6 is 11.8 Å².